The first-order valence-corrected chi connectivity index (χ1v) is 18.3. The van der Waals surface area contributed by atoms with E-state index < -0.39 is 0 Å². The van der Waals surface area contributed by atoms with Crippen LogP contribution < -0.4 is 0 Å². The molecule has 53 heavy (non-hydrogen) atoms. The summed E-state index contributed by atoms with van der Waals surface area (Å²) < 4.78 is 6.10. The van der Waals surface area contributed by atoms with Crippen LogP contribution in [0.3, 0.4) is 0 Å². The molecule has 0 unspecified atom stereocenters. The maximum absolute atomic E-state index is 6.10. The maximum atomic E-state index is 6.10. The van der Waals surface area contributed by atoms with E-state index in [0.29, 0.717) is 0 Å². The number of hydrogen-bond donors (Lipinski definition) is 0. The van der Waals surface area contributed by atoms with E-state index in [1.165, 1.54) is 87.6 Å². The van der Waals surface area contributed by atoms with Crippen LogP contribution in [0.4, 0.5) is 0 Å². The van der Waals surface area contributed by atoms with Gasteiger partial charge in [0, 0.05) is 10.8 Å². The number of fused-ring (bicyclic) bond motifs is 8. The molecule has 11 aromatic rings. The van der Waals surface area contributed by atoms with Gasteiger partial charge in [-0.25, -0.2) is 0 Å². The molecule has 0 aliphatic rings. The molecule has 1 aromatic heterocycles. The molecule has 0 atom stereocenters. The summed E-state index contributed by atoms with van der Waals surface area (Å²) in [4.78, 5) is 0. The van der Waals surface area contributed by atoms with Gasteiger partial charge in [0.25, 0.3) is 0 Å². The monoisotopic (exact) mass is 672 g/mol. The van der Waals surface area contributed by atoms with E-state index in [0.717, 1.165) is 21.9 Å². The second-order valence-electron chi connectivity index (χ2n) is 14.0. The van der Waals surface area contributed by atoms with Crippen molar-refractivity contribution in [3.8, 4) is 44.5 Å². The average Bonchev–Trinajstić information content (AvgIpc) is 3.61. The van der Waals surface area contributed by atoms with Gasteiger partial charge in [0.2, 0.25) is 0 Å². The lowest BCUT2D eigenvalue weighted by Gasteiger charge is -2.18. The summed E-state index contributed by atoms with van der Waals surface area (Å²) in [6.45, 7) is 0. The van der Waals surface area contributed by atoms with E-state index in [-0.39, 0.29) is 0 Å². The fraction of sp³-hybridized carbons (Fsp3) is 0. The quantitative estimate of drug-likeness (QED) is 0.134. The Morgan fingerprint density at radius 2 is 0.736 bits per heavy atom. The highest BCUT2D eigenvalue weighted by Crippen LogP contribution is 2.45. The molecule has 1 heteroatoms. The third-order valence-corrected chi connectivity index (χ3v) is 11.1. The largest absolute Gasteiger partial charge is 0.456 e. The van der Waals surface area contributed by atoms with Gasteiger partial charge in [-0.2, -0.15) is 0 Å². The van der Waals surface area contributed by atoms with Gasteiger partial charge in [-0.3, -0.25) is 0 Å². The molecule has 1 heterocycles. The molecule has 11 rings (SSSR count). The Kier molecular flexibility index (Phi) is 6.62. The highest BCUT2D eigenvalue weighted by atomic mass is 16.3. The van der Waals surface area contributed by atoms with Gasteiger partial charge in [-0.1, -0.05) is 176 Å². The summed E-state index contributed by atoms with van der Waals surface area (Å²) in [5.41, 5.74) is 11.7. The molecule has 0 N–H and O–H groups in total. The van der Waals surface area contributed by atoms with Crippen LogP contribution in [0.25, 0.3) is 110 Å². The van der Waals surface area contributed by atoms with Gasteiger partial charge in [0.1, 0.15) is 11.2 Å². The molecule has 0 spiro atoms. The average molecular weight is 673 g/mol. The van der Waals surface area contributed by atoms with Crippen molar-refractivity contribution in [2.24, 2.45) is 0 Å². The van der Waals surface area contributed by atoms with Crippen LogP contribution in [0.15, 0.2) is 199 Å². The SMILES string of the molecule is c1ccc2c(c1)ccc1c(-c3ccc(-c4c5ccccc5c(-c5ccc(-c6ccc7oc8ccccc8c7c6)cc5)c5ccccc45)cc3)cccc12. The molecule has 0 saturated carbocycles. The normalized spacial score (nSPS) is 11.8. The van der Waals surface area contributed by atoms with E-state index in [1.54, 1.807) is 0 Å². The lowest BCUT2D eigenvalue weighted by atomic mass is 9.85. The van der Waals surface area contributed by atoms with Crippen LogP contribution in [0.5, 0.6) is 0 Å². The molecule has 0 fully saturated rings. The molecule has 0 amide bonds. The Hall–Kier alpha value is -6.96. The van der Waals surface area contributed by atoms with Crippen molar-refractivity contribution in [3.63, 3.8) is 0 Å². The van der Waals surface area contributed by atoms with Gasteiger partial charge in [0.05, 0.1) is 0 Å². The number of benzene rings is 10. The standard InChI is InChI=1S/C52H32O/c1-2-11-39-34(10-1)28-30-42-40(17-9-18-41(39)42)35-22-26-37(27-23-35)52-46-15-5-3-13-44(46)51(45-14-4-6-16-47(45)52)36-24-20-33(21-25-36)38-29-31-50-48(32-38)43-12-7-8-19-49(43)53-50/h1-32H. The highest BCUT2D eigenvalue weighted by Gasteiger charge is 2.17. The van der Waals surface area contributed by atoms with Gasteiger partial charge < -0.3 is 4.42 Å². The zero-order chi connectivity index (χ0) is 34.9. The number of furan rings is 1. The summed E-state index contributed by atoms with van der Waals surface area (Å²) >= 11 is 0. The van der Waals surface area contributed by atoms with E-state index in [4.69, 9.17) is 4.42 Å². The number of para-hydroxylation sites is 1. The Labute approximate surface area is 307 Å². The Bertz CT molecular complexity index is 3140. The topological polar surface area (TPSA) is 13.1 Å². The van der Waals surface area contributed by atoms with Crippen LogP contribution in [0.1, 0.15) is 0 Å². The fourth-order valence-electron chi connectivity index (χ4n) is 8.59. The minimum Gasteiger partial charge on any atom is -0.456 e. The Morgan fingerprint density at radius 3 is 1.40 bits per heavy atom. The van der Waals surface area contributed by atoms with E-state index in [2.05, 4.69) is 182 Å². The lowest BCUT2D eigenvalue weighted by Crippen LogP contribution is -1.91. The lowest BCUT2D eigenvalue weighted by molar-refractivity contribution is 0.669. The molecular formula is C52H32O. The second-order valence-corrected chi connectivity index (χ2v) is 14.0. The van der Waals surface area contributed by atoms with Gasteiger partial charge in [0.15, 0.2) is 0 Å². The zero-order valence-corrected chi connectivity index (χ0v) is 28.9. The molecule has 0 radical (unpaired) electrons. The molecule has 0 bridgehead atoms. The van der Waals surface area contributed by atoms with Crippen LogP contribution in [-0.4, -0.2) is 0 Å². The minimum atomic E-state index is 0.918. The Morgan fingerprint density at radius 1 is 0.245 bits per heavy atom. The van der Waals surface area contributed by atoms with Crippen molar-refractivity contribution in [3.05, 3.63) is 194 Å². The number of hydrogen-bond acceptors (Lipinski definition) is 1. The van der Waals surface area contributed by atoms with Crippen LogP contribution in [0.2, 0.25) is 0 Å². The highest BCUT2D eigenvalue weighted by molar-refractivity contribution is 6.21. The minimum absolute atomic E-state index is 0.918. The predicted molar refractivity (Wildman–Crippen MR) is 225 cm³/mol. The zero-order valence-electron chi connectivity index (χ0n) is 28.9. The first-order chi connectivity index (χ1) is 26.3. The summed E-state index contributed by atoms with van der Waals surface area (Å²) in [5.74, 6) is 0. The first-order valence-electron chi connectivity index (χ1n) is 18.3. The summed E-state index contributed by atoms with van der Waals surface area (Å²) in [7, 11) is 0. The third-order valence-electron chi connectivity index (χ3n) is 11.1. The van der Waals surface area contributed by atoms with Crippen molar-refractivity contribution in [2.75, 3.05) is 0 Å². The van der Waals surface area contributed by atoms with Crippen molar-refractivity contribution in [1.82, 2.24) is 0 Å². The molecule has 246 valence electrons. The fourth-order valence-corrected chi connectivity index (χ4v) is 8.59. The molecule has 0 aliphatic heterocycles. The summed E-state index contributed by atoms with van der Waals surface area (Å²) in [5, 5.41) is 12.4. The first kappa shape index (κ1) is 29.7. The summed E-state index contributed by atoms with van der Waals surface area (Å²) in [6, 6.07) is 70.6. The second kappa shape index (κ2) is 11.8. The maximum Gasteiger partial charge on any atom is 0.135 e. The van der Waals surface area contributed by atoms with Gasteiger partial charge >= 0.3 is 0 Å². The van der Waals surface area contributed by atoms with Crippen molar-refractivity contribution in [2.45, 2.75) is 0 Å². The number of rotatable bonds is 4. The van der Waals surface area contributed by atoms with E-state index in [9.17, 15) is 0 Å². The van der Waals surface area contributed by atoms with Crippen LogP contribution in [0, 0.1) is 0 Å². The van der Waals surface area contributed by atoms with E-state index in [1.807, 2.05) is 12.1 Å². The van der Waals surface area contributed by atoms with E-state index >= 15 is 0 Å². The van der Waals surface area contributed by atoms with Crippen molar-refractivity contribution >= 4 is 65.0 Å². The summed E-state index contributed by atoms with van der Waals surface area (Å²) in [6.07, 6.45) is 0. The van der Waals surface area contributed by atoms with Crippen LogP contribution >= 0.6 is 0 Å². The van der Waals surface area contributed by atoms with Gasteiger partial charge in [-0.15, -0.1) is 0 Å². The molecule has 1 nitrogen and oxygen atoms in total. The Balaban J connectivity index is 1.02. The molecule has 0 saturated heterocycles. The smallest absolute Gasteiger partial charge is 0.135 e. The van der Waals surface area contributed by atoms with Crippen LogP contribution in [-0.2, 0) is 0 Å². The predicted octanol–water partition coefficient (Wildman–Crippen LogP) is 14.9. The van der Waals surface area contributed by atoms with Crippen molar-refractivity contribution in [1.29, 1.82) is 0 Å². The third kappa shape index (κ3) is 4.71. The molecular weight excluding hydrogens is 641 g/mol. The molecule has 0 aliphatic carbocycles. The molecule has 10 aromatic carbocycles. The van der Waals surface area contributed by atoms with Crippen molar-refractivity contribution < 1.29 is 4.42 Å². The van der Waals surface area contributed by atoms with Gasteiger partial charge in [-0.05, 0) is 106 Å².